The maximum atomic E-state index is 14.0. The van der Waals surface area contributed by atoms with Crippen molar-refractivity contribution in [2.75, 3.05) is 17.2 Å². The first-order valence-corrected chi connectivity index (χ1v) is 7.84. The first-order chi connectivity index (χ1) is 13.2. The van der Waals surface area contributed by atoms with Crippen molar-refractivity contribution in [1.29, 1.82) is 10.5 Å². The molecule has 27 heavy (non-hydrogen) atoms. The Morgan fingerprint density at radius 3 is 2.59 bits per heavy atom. The number of nitrogens with one attached hydrogen (secondary N) is 2. The minimum atomic E-state index is -0.615. The second-order valence-electron chi connectivity index (χ2n) is 5.30. The van der Waals surface area contributed by atoms with E-state index in [1.807, 2.05) is 12.1 Å². The zero-order valence-corrected chi connectivity index (χ0v) is 14.0. The fourth-order valence-corrected chi connectivity index (χ4v) is 2.20. The Bertz CT molecular complexity index is 1020. The van der Waals surface area contributed by atoms with Crippen molar-refractivity contribution in [2.24, 2.45) is 0 Å². The lowest BCUT2D eigenvalue weighted by Gasteiger charge is -2.10. The molecule has 0 bridgehead atoms. The third-order valence-electron chi connectivity index (χ3n) is 3.41. The Labute approximate surface area is 154 Å². The molecule has 8 heteroatoms. The Morgan fingerprint density at radius 1 is 1.04 bits per heavy atom. The maximum Gasteiger partial charge on any atom is 0.229 e. The molecule has 0 saturated carbocycles. The summed E-state index contributed by atoms with van der Waals surface area (Å²) in [5, 5.41) is 23.2. The van der Waals surface area contributed by atoms with Gasteiger partial charge >= 0.3 is 0 Å². The van der Waals surface area contributed by atoms with E-state index in [0.717, 1.165) is 6.20 Å². The highest BCUT2D eigenvalue weighted by molar-refractivity contribution is 5.61. The Morgan fingerprint density at radius 2 is 1.85 bits per heavy atom. The summed E-state index contributed by atoms with van der Waals surface area (Å²) < 4.78 is 19.2. The van der Waals surface area contributed by atoms with Crippen LogP contribution in [0.3, 0.4) is 0 Å². The number of nitrogens with zero attached hydrogens (tertiary/aromatic N) is 4. The van der Waals surface area contributed by atoms with Gasteiger partial charge in [0.15, 0.2) is 18.2 Å². The van der Waals surface area contributed by atoms with Gasteiger partial charge in [0.25, 0.3) is 0 Å². The van der Waals surface area contributed by atoms with Crippen molar-refractivity contribution in [2.45, 2.75) is 0 Å². The van der Waals surface area contributed by atoms with E-state index in [2.05, 4.69) is 20.6 Å². The van der Waals surface area contributed by atoms with E-state index in [1.54, 1.807) is 48.5 Å². The van der Waals surface area contributed by atoms with Crippen LogP contribution in [0.4, 0.5) is 27.5 Å². The smallest absolute Gasteiger partial charge is 0.229 e. The summed E-state index contributed by atoms with van der Waals surface area (Å²) in [5.74, 6) is 0.0960. The summed E-state index contributed by atoms with van der Waals surface area (Å²) in [7, 11) is 0. The Hall–Kier alpha value is -4.17. The molecule has 3 rings (SSSR count). The number of ether oxygens (including phenoxy) is 1. The third kappa shape index (κ3) is 4.68. The number of hydrogen-bond acceptors (Lipinski definition) is 7. The van der Waals surface area contributed by atoms with Gasteiger partial charge in [-0.2, -0.15) is 15.5 Å². The molecule has 0 aliphatic heterocycles. The molecule has 0 radical (unpaired) electrons. The van der Waals surface area contributed by atoms with Gasteiger partial charge in [-0.25, -0.2) is 9.37 Å². The number of aromatic nitrogens is 2. The fraction of sp³-hybridized carbons (Fsp3) is 0.0526. The number of nitriles is 2. The van der Waals surface area contributed by atoms with E-state index in [1.165, 1.54) is 0 Å². The molecular weight excluding hydrogens is 347 g/mol. The quantitative estimate of drug-likeness (QED) is 0.687. The lowest BCUT2D eigenvalue weighted by molar-refractivity contribution is 0.368. The molecule has 0 aliphatic rings. The highest BCUT2D eigenvalue weighted by Crippen LogP contribution is 2.22. The van der Waals surface area contributed by atoms with Crippen LogP contribution < -0.4 is 15.4 Å². The topological polar surface area (TPSA) is 107 Å². The van der Waals surface area contributed by atoms with Crippen LogP contribution in [0.15, 0.2) is 54.7 Å². The van der Waals surface area contributed by atoms with Crippen molar-refractivity contribution in [3.05, 3.63) is 66.1 Å². The van der Waals surface area contributed by atoms with Crippen molar-refractivity contribution >= 4 is 23.1 Å². The van der Waals surface area contributed by atoms with Crippen molar-refractivity contribution in [3.8, 4) is 17.9 Å². The van der Waals surface area contributed by atoms with Crippen LogP contribution in [0.2, 0.25) is 0 Å². The molecular formula is C19H13FN6O. The van der Waals surface area contributed by atoms with Crippen LogP contribution in [0, 0.1) is 28.5 Å². The van der Waals surface area contributed by atoms with Crippen LogP contribution in [0.1, 0.15) is 5.56 Å². The minimum absolute atomic E-state index is 0.00497. The Kier molecular flexibility index (Phi) is 5.41. The second-order valence-corrected chi connectivity index (χ2v) is 5.30. The number of halogens is 1. The maximum absolute atomic E-state index is 14.0. The molecule has 2 N–H and O–H groups in total. The lowest BCUT2D eigenvalue weighted by atomic mass is 10.2. The molecule has 3 aromatic rings. The van der Waals surface area contributed by atoms with E-state index in [0.29, 0.717) is 22.7 Å². The second kappa shape index (κ2) is 8.28. The number of rotatable bonds is 6. The van der Waals surface area contributed by atoms with E-state index >= 15 is 0 Å². The number of benzene rings is 2. The largest absolute Gasteiger partial charge is 0.479 e. The molecule has 132 valence electrons. The highest BCUT2D eigenvalue weighted by atomic mass is 19.1. The summed E-state index contributed by atoms with van der Waals surface area (Å²) in [6.45, 7) is -0.0463. The molecule has 0 aliphatic carbocycles. The fourth-order valence-electron chi connectivity index (χ4n) is 2.20. The molecule has 0 saturated heterocycles. The van der Waals surface area contributed by atoms with Crippen LogP contribution in [-0.4, -0.2) is 16.6 Å². The van der Waals surface area contributed by atoms with Gasteiger partial charge in [0.1, 0.15) is 11.8 Å². The summed E-state index contributed by atoms with van der Waals surface area (Å²) >= 11 is 0. The molecule has 0 spiro atoms. The lowest BCUT2D eigenvalue weighted by Crippen LogP contribution is -2.03. The summed E-state index contributed by atoms with van der Waals surface area (Å²) in [6.07, 6.45) is 1.05. The van der Waals surface area contributed by atoms with Crippen LogP contribution in [-0.2, 0) is 0 Å². The SMILES string of the molecule is N#CCOc1ccc(Nc2nc(Nc3cccc(C#N)c3)ncc2F)cc1. The predicted molar refractivity (Wildman–Crippen MR) is 97.3 cm³/mol. The van der Waals surface area contributed by atoms with E-state index in [4.69, 9.17) is 15.3 Å². The number of anilines is 4. The molecule has 7 nitrogen and oxygen atoms in total. The third-order valence-corrected chi connectivity index (χ3v) is 3.41. The van der Waals surface area contributed by atoms with Gasteiger partial charge in [-0.05, 0) is 42.5 Å². The Balaban J connectivity index is 1.75. The molecule has 0 atom stereocenters. The molecule has 0 amide bonds. The van der Waals surface area contributed by atoms with Gasteiger partial charge in [-0.1, -0.05) is 6.07 Å². The van der Waals surface area contributed by atoms with Gasteiger partial charge in [0, 0.05) is 11.4 Å². The number of hydrogen-bond donors (Lipinski definition) is 2. The summed E-state index contributed by atoms with van der Waals surface area (Å²) in [5.41, 5.74) is 1.69. The summed E-state index contributed by atoms with van der Waals surface area (Å²) in [4.78, 5) is 8.03. The molecule has 0 unspecified atom stereocenters. The average Bonchev–Trinajstić information content (AvgIpc) is 2.70. The normalized spacial score (nSPS) is 9.74. The van der Waals surface area contributed by atoms with Gasteiger partial charge in [0.2, 0.25) is 5.95 Å². The highest BCUT2D eigenvalue weighted by Gasteiger charge is 2.08. The van der Waals surface area contributed by atoms with E-state index in [-0.39, 0.29) is 18.4 Å². The molecule has 1 aromatic heterocycles. The van der Waals surface area contributed by atoms with Gasteiger partial charge in [-0.15, -0.1) is 0 Å². The van der Waals surface area contributed by atoms with Gasteiger partial charge in [0.05, 0.1) is 17.8 Å². The first-order valence-electron chi connectivity index (χ1n) is 7.84. The first kappa shape index (κ1) is 17.6. The zero-order chi connectivity index (χ0) is 19.1. The van der Waals surface area contributed by atoms with Crippen molar-refractivity contribution < 1.29 is 9.13 Å². The molecule has 0 fully saturated rings. The summed E-state index contributed by atoms with van der Waals surface area (Å²) in [6, 6.07) is 17.4. The standard InChI is InChI=1S/C19H13FN6O/c20-17-12-23-19(25-15-3-1-2-13(10-15)11-22)26-18(17)24-14-4-6-16(7-5-14)27-9-8-21/h1-7,10,12H,9H2,(H2,23,24,25,26). The zero-order valence-electron chi connectivity index (χ0n) is 14.0. The monoisotopic (exact) mass is 360 g/mol. The van der Waals surface area contributed by atoms with Gasteiger partial charge in [-0.3, -0.25) is 0 Å². The van der Waals surface area contributed by atoms with E-state index in [9.17, 15) is 4.39 Å². The van der Waals surface area contributed by atoms with Crippen LogP contribution in [0.25, 0.3) is 0 Å². The molecule has 2 aromatic carbocycles. The minimum Gasteiger partial charge on any atom is -0.479 e. The average molecular weight is 360 g/mol. The van der Waals surface area contributed by atoms with E-state index < -0.39 is 5.82 Å². The predicted octanol–water partition coefficient (Wildman–Crippen LogP) is 3.88. The molecule has 1 heterocycles. The van der Waals surface area contributed by atoms with Crippen molar-refractivity contribution in [1.82, 2.24) is 9.97 Å². The van der Waals surface area contributed by atoms with Crippen molar-refractivity contribution in [3.63, 3.8) is 0 Å². The van der Waals surface area contributed by atoms with Crippen LogP contribution in [0.5, 0.6) is 5.75 Å². The van der Waals surface area contributed by atoms with Gasteiger partial charge < -0.3 is 15.4 Å². The van der Waals surface area contributed by atoms with Crippen LogP contribution >= 0.6 is 0 Å².